The minimum Gasteiger partial charge on any atom is -0.508 e. The third-order valence-electron chi connectivity index (χ3n) is 4.85. The van der Waals surface area contributed by atoms with Crippen LogP contribution >= 0.6 is 0 Å². The van der Waals surface area contributed by atoms with E-state index in [4.69, 9.17) is 18.9 Å². The highest BCUT2D eigenvalue weighted by Gasteiger charge is 2.42. The molecule has 2 aromatic rings. The van der Waals surface area contributed by atoms with Crippen molar-refractivity contribution in [3.8, 4) is 28.7 Å². The molecule has 0 saturated carbocycles. The molecule has 5 nitrogen and oxygen atoms in total. The Labute approximate surface area is 139 Å². The van der Waals surface area contributed by atoms with Crippen LogP contribution in [0.2, 0.25) is 0 Å². The third-order valence-corrected chi connectivity index (χ3v) is 4.85. The van der Waals surface area contributed by atoms with Crippen molar-refractivity contribution < 1.29 is 24.1 Å². The zero-order chi connectivity index (χ0) is 16.3. The molecule has 3 aliphatic heterocycles. The summed E-state index contributed by atoms with van der Waals surface area (Å²) < 4.78 is 23.1. The van der Waals surface area contributed by atoms with Crippen molar-refractivity contribution in [2.45, 2.75) is 18.4 Å². The van der Waals surface area contributed by atoms with Gasteiger partial charge in [0, 0.05) is 22.8 Å². The lowest BCUT2D eigenvalue weighted by Gasteiger charge is -2.29. The Morgan fingerprint density at radius 2 is 1.92 bits per heavy atom. The molecule has 0 radical (unpaired) electrons. The maximum absolute atomic E-state index is 10.1. The van der Waals surface area contributed by atoms with Crippen molar-refractivity contribution in [3.05, 3.63) is 53.6 Å². The molecule has 5 rings (SSSR count). The quantitative estimate of drug-likeness (QED) is 0.857. The minimum atomic E-state index is -0.129. The van der Waals surface area contributed by atoms with Crippen LogP contribution < -0.4 is 18.9 Å². The first-order valence-corrected chi connectivity index (χ1v) is 7.95. The molecule has 122 valence electrons. The monoisotopic (exact) mass is 324 g/mol. The van der Waals surface area contributed by atoms with Gasteiger partial charge in [-0.2, -0.15) is 0 Å². The van der Waals surface area contributed by atoms with E-state index >= 15 is 0 Å². The van der Waals surface area contributed by atoms with Crippen LogP contribution in [0.25, 0.3) is 0 Å². The number of hydrogen-bond donors (Lipinski definition) is 1. The Morgan fingerprint density at radius 1 is 1.08 bits per heavy atom. The first-order chi connectivity index (χ1) is 11.8. The Hall–Kier alpha value is -2.82. The molecular weight excluding hydrogens is 308 g/mol. The predicted octanol–water partition coefficient (Wildman–Crippen LogP) is 3.46. The summed E-state index contributed by atoms with van der Waals surface area (Å²) in [6.45, 7) is 4.50. The smallest absolute Gasteiger partial charge is 0.231 e. The molecule has 5 heteroatoms. The van der Waals surface area contributed by atoms with E-state index in [0.717, 1.165) is 28.2 Å². The van der Waals surface area contributed by atoms with Gasteiger partial charge in [-0.25, -0.2) is 0 Å². The summed E-state index contributed by atoms with van der Waals surface area (Å²) in [7, 11) is 0. The Morgan fingerprint density at radius 3 is 2.75 bits per heavy atom. The molecule has 0 spiro atoms. The number of benzene rings is 2. The summed E-state index contributed by atoms with van der Waals surface area (Å²) in [5.74, 6) is 3.31. The van der Waals surface area contributed by atoms with E-state index in [-0.39, 0.29) is 24.6 Å². The minimum absolute atomic E-state index is 0.100. The zero-order valence-electron chi connectivity index (χ0n) is 13.0. The average Bonchev–Trinajstić information content (AvgIpc) is 3.18. The lowest BCUT2D eigenvalue weighted by molar-refractivity contribution is 0.137. The number of allylic oxidation sites excluding steroid dienone is 1. The Bertz CT molecular complexity index is 857. The standard InChI is InChI=1S/C19H16O5/c1-2-3-10-14(20)5-4-11-18(10)21-8-13-12-6-16-17(23-9-22-16)7-15(12)24-19(11)13/h2,4-7,13,19-20H,1,3,8-9H2/t13-,19-/m0/s1. The number of aromatic hydroxyl groups is 1. The van der Waals surface area contributed by atoms with Gasteiger partial charge in [-0.05, 0) is 24.6 Å². The number of ether oxygens (including phenoxy) is 4. The molecule has 2 aromatic carbocycles. The number of phenols is 1. The van der Waals surface area contributed by atoms with Crippen LogP contribution in [0.1, 0.15) is 28.7 Å². The second-order valence-corrected chi connectivity index (χ2v) is 6.17. The lowest BCUT2D eigenvalue weighted by Crippen LogP contribution is -2.24. The molecule has 0 amide bonds. The molecule has 1 N–H and O–H groups in total. The summed E-state index contributed by atoms with van der Waals surface area (Å²) in [6.07, 6.45) is 2.18. The fourth-order valence-corrected chi connectivity index (χ4v) is 3.72. The molecule has 0 saturated heterocycles. The first kappa shape index (κ1) is 13.6. The molecule has 0 aromatic heterocycles. The molecule has 0 unspecified atom stereocenters. The van der Waals surface area contributed by atoms with Gasteiger partial charge in [0.15, 0.2) is 11.5 Å². The molecule has 3 aliphatic rings. The van der Waals surface area contributed by atoms with E-state index in [2.05, 4.69) is 6.58 Å². The molecule has 2 atom stereocenters. The Kier molecular flexibility index (Phi) is 2.74. The molecule has 0 bridgehead atoms. The van der Waals surface area contributed by atoms with Crippen molar-refractivity contribution >= 4 is 0 Å². The average molecular weight is 324 g/mol. The maximum Gasteiger partial charge on any atom is 0.231 e. The van der Waals surface area contributed by atoms with Gasteiger partial charge in [0.2, 0.25) is 6.79 Å². The summed E-state index contributed by atoms with van der Waals surface area (Å²) in [6, 6.07) is 7.45. The molecule has 0 aliphatic carbocycles. The van der Waals surface area contributed by atoms with Crippen molar-refractivity contribution in [1.82, 2.24) is 0 Å². The fraction of sp³-hybridized carbons (Fsp3) is 0.263. The Balaban J connectivity index is 1.60. The van der Waals surface area contributed by atoms with Crippen LogP contribution in [0.5, 0.6) is 28.7 Å². The zero-order valence-corrected chi connectivity index (χ0v) is 13.0. The van der Waals surface area contributed by atoms with Gasteiger partial charge < -0.3 is 24.1 Å². The van der Waals surface area contributed by atoms with E-state index in [0.29, 0.717) is 24.5 Å². The van der Waals surface area contributed by atoms with Crippen molar-refractivity contribution in [2.75, 3.05) is 13.4 Å². The normalized spacial score (nSPS) is 22.0. The highest BCUT2D eigenvalue weighted by molar-refractivity contribution is 5.59. The van der Waals surface area contributed by atoms with Crippen LogP contribution in [0.4, 0.5) is 0 Å². The van der Waals surface area contributed by atoms with Gasteiger partial charge in [0.25, 0.3) is 0 Å². The SMILES string of the molecule is C=CCc1c(O)ccc2c1OC[C@H]1c3cc4c(cc3O[C@@H]21)OCO4. The lowest BCUT2D eigenvalue weighted by atomic mass is 9.87. The van der Waals surface area contributed by atoms with Gasteiger partial charge in [-0.1, -0.05) is 6.08 Å². The van der Waals surface area contributed by atoms with Crippen LogP contribution in [-0.2, 0) is 6.42 Å². The van der Waals surface area contributed by atoms with Crippen molar-refractivity contribution in [2.24, 2.45) is 0 Å². The van der Waals surface area contributed by atoms with Crippen molar-refractivity contribution in [3.63, 3.8) is 0 Å². The second-order valence-electron chi connectivity index (χ2n) is 6.17. The summed E-state index contributed by atoms with van der Waals surface area (Å²) >= 11 is 0. The number of fused-ring (bicyclic) bond motifs is 6. The van der Waals surface area contributed by atoms with Crippen LogP contribution in [0, 0.1) is 0 Å². The van der Waals surface area contributed by atoms with Crippen LogP contribution in [0.3, 0.4) is 0 Å². The van der Waals surface area contributed by atoms with Gasteiger partial charge >= 0.3 is 0 Å². The second kappa shape index (κ2) is 4.84. The molecule has 24 heavy (non-hydrogen) atoms. The van der Waals surface area contributed by atoms with Crippen LogP contribution in [-0.4, -0.2) is 18.5 Å². The van der Waals surface area contributed by atoms with E-state index in [1.807, 2.05) is 18.2 Å². The van der Waals surface area contributed by atoms with Crippen molar-refractivity contribution in [1.29, 1.82) is 0 Å². The van der Waals surface area contributed by atoms with E-state index < -0.39 is 0 Å². The first-order valence-electron chi connectivity index (χ1n) is 7.95. The number of phenolic OH excluding ortho intramolecular Hbond substituents is 1. The molecular formula is C19H16O5. The number of rotatable bonds is 2. The van der Waals surface area contributed by atoms with E-state index in [1.54, 1.807) is 12.1 Å². The maximum atomic E-state index is 10.1. The van der Waals surface area contributed by atoms with Gasteiger partial charge in [0.05, 0.1) is 12.5 Å². The summed E-state index contributed by atoms with van der Waals surface area (Å²) in [4.78, 5) is 0. The highest BCUT2D eigenvalue weighted by Crippen LogP contribution is 2.55. The summed E-state index contributed by atoms with van der Waals surface area (Å²) in [5.41, 5.74) is 2.79. The predicted molar refractivity (Wildman–Crippen MR) is 86.2 cm³/mol. The topological polar surface area (TPSA) is 57.2 Å². The fourth-order valence-electron chi connectivity index (χ4n) is 3.72. The largest absolute Gasteiger partial charge is 0.508 e. The molecule has 3 heterocycles. The highest BCUT2D eigenvalue weighted by atomic mass is 16.7. The summed E-state index contributed by atoms with van der Waals surface area (Å²) in [5, 5.41) is 10.1. The van der Waals surface area contributed by atoms with E-state index in [9.17, 15) is 5.11 Å². The van der Waals surface area contributed by atoms with Crippen LogP contribution in [0.15, 0.2) is 36.9 Å². The molecule has 0 fully saturated rings. The van der Waals surface area contributed by atoms with E-state index in [1.165, 1.54) is 0 Å². The third kappa shape index (κ3) is 1.75. The van der Waals surface area contributed by atoms with Gasteiger partial charge in [-0.15, -0.1) is 6.58 Å². The number of hydrogen-bond acceptors (Lipinski definition) is 5. The van der Waals surface area contributed by atoms with Gasteiger partial charge in [0.1, 0.15) is 23.4 Å². The van der Waals surface area contributed by atoms with Gasteiger partial charge in [-0.3, -0.25) is 0 Å².